The number of phenolic OH excluding ortho intramolecular Hbond substituents is 1. The molecule has 0 radical (unpaired) electrons. The summed E-state index contributed by atoms with van der Waals surface area (Å²) in [6.45, 7) is 0. The van der Waals surface area contributed by atoms with Crippen LogP contribution in [0.4, 0.5) is 15.3 Å². The molecule has 0 unspecified atom stereocenters. The molecule has 1 aromatic carbocycles. The highest BCUT2D eigenvalue weighted by Crippen LogP contribution is 2.32. The molecule has 0 saturated heterocycles. The van der Waals surface area contributed by atoms with Gasteiger partial charge in [0.1, 0.15) is 17.4 Å². The number of nitrogens with zero attached hydrogens (tertiary/aromatic N) is 2. The third-order valence-corrected chi connectivity index (χ3v) is 3.40. The number of nitrogens with one attached hydrogen (secondary N) is 1. The van der Waals surface area contributed by atoms with Crippen LogP contribution in [0.2, 0.25) is 0 Å². The van der Waals surface area contributed by atoms with Gasteiger partial charge in [0.15, 0.2) is 5.13 Å². The summed E-state index contributed by atoms with van der Waals surface area (Å²) in [5.74, 6) is 0.267. The van der Waals surface area contributed by atoms with Gasteiger partial charge in [0.25, 0.3) is 0 Å². The zero-order valence-corrected chi connectivity index (χ0v) is 11.1. The minimum atomic E-state index is -0.412. The van der Waals surface area contributed by atoms with Gasteiger partial charge >= 0.3 is 0 Å². The van der Waals surface area contributed by atoms with E-state index in [9.17, 15) is 9.50 Å². The maximum absolute atomic E-state index is 13.2. The SMILES string of the molecule is Oc1ccc(F)cc1-c1csc(Nc2ccccn2)n1. The highest BCUT2D eigenvalue weighted by Gasteiger charge is 2.10. The standard InChI is InChI=1S/C14H10FN3OS/c15-9-4-5-12(19)10(7-9)11-8-20-14(17-11)18-13-3-1-2-6-16-13/h1-8,19H,(H,16,17,18). The van der Waals surface area contributed by atoms with Gasteiger partial charge in [-0.1, -0.05) is 6.07 Å². The Morgan fingerprint density at radius 1 is 1.20 bits per heavy atom. The average molecular weight is 287 g/mol. The van der Waals surface area contributed by atoms with Crippen molar-refractivity contribution in [2.75, 3.05) is 5.32 Å². The monoisotopic (exact) mass is 287 g/mol. The second-order valence-corrected chi connectivity index (χ2v) is 4.90. The summed E-state index contributed by atoms with van der Waals surface area (Å²) in [6, 6.07) is 9.29. The zero-order chi connectivity index (χ0) is 13.9. The summed E-state index contributed by atoms with van der Waals surface area (Å²) >= 11 is 1.36. The van der Waals surface area contributed by atoms with E-state index < -0.39 is 5.82 Å². The van der Waals surface area contributed by atoms with Crippen LogP contribution < -0.4 is 5.32 Å². The number of aromatic hydroxyl groups is 1. The van der Waals surface area contributed by atoms with Crippen LogP contribution >= 0.6 is 11.3 Å². The highest BCUT2D eigenvalue weighted by molar-refractivity contribution is 7.14. The van der Waals surface area contributed by atoms with Gasteiger partial charge in [-0.15, -0.1) is 11.3 Å². The molecular weight excluding hydrogens is 277 g/mol. The molecule has 3 rings (SSSR count). The molecule has 3 aromatic rings. The van der Waals surface area contributed by atoms with E-state index in [-0.39, 0.29) is 5.75 Å². The third kappa shape index (κ3) is 2.60. The summed E-state index contributed by atoms with van der Waals surface area (Å²) in [4.78, 5) is 8.45. The van der Waals surface area contributed by atoms with E-state index in [1.807, 2.05) is 18.2 Å². The molecule has 4 nitrogen and oxygen atoms in total. The van der Waals surface area contributed by atoms with Crippen molar-refractivity contribution in [3.8, 4) is 17.0 Å². The van der Waals surface area contributed by atoms with Crippen LogP contribution in [0, 0.1) is 5.82 Å². The summed E-state index contributed by atoms with van der Waals surface area (Å²) in [7, 11) is 0. The number of halogens is 1. The van der Waals surface area contributed by atoms with Gasteiger partial charge in [-0.3, -0.25) is 0 Å². The Balaban J connectivity index is 1.88. The predicted molar refractivity (Wildman–Crippen MR) is 76.7 cm³/mol. The van der Waals surface area contributed by atoms with E-state index in [1.165, 1.54) is 29.5 Å². The van der Waals surface area contributed by atoms with Gasteiger partial charge in [-0.25, -0.2) is 14.4 Å². The molecule has 0 aliphatic heterocycles. The maximum Gasteiger partial charge on any atom is 0.188 e. The van der Waals surface area contributed by atoms with E-state index in [0.29, 0.717) is 22.2 Å². The van der Waals surface area contributed by atoms with Gasteiger partial charge in [-0.05, 0) is 30.3 Å². The van der Waals surface area contributed by atoms with Gasteiger partial charge in [-0.2, -0.15) is 0 Å². The van der Waals surface area contributed by atoms with Crippen molar-refractivity contribution in [2.24, 2.45) is 0 Å². The van der Waals surface area contributed by atoms with Crippen molar-refractivity contribution in [3.05, 3.63) is 53.8 Å². The molecule has 0 amide bonds. The largest absolute Gasteiger partial charge is 0.507 e. The van der Waals surface area contributed by atoms with E-state index in [2.05, 4.69) is 15.3 Å². The minimum absolute atomic E-state index is 0.00101. The molecule has 2 heterocycles. The molecule has 0 fully saturated rings. The number of benzene rings is 1. The number of anilines is 2. The number of hydrogen-bond donors (Lipinski definition) is 2. The van der Waals surface area contributed by atoms with Crippen LogP contribution in [0.25, 0.3) is 11.3 Å². The molecule has 20 heavy (non-hydrogen) atoms. The topological polar surface area (TPSA) is 58.0 Å². The molecule has 0 spiro atoms. The van der Waals surface area contributed by atoms with Crippen LogP contribution in [0.1, 0.15) is 0 Å². The molecule has 2 aromatic heterocycles. The molecule has 2 N–H and O–H groups in total. The van der Waals surface area contributed by atoms with Gasteiger partial charge < -0.3 is 10.4 Å². The fourth-order valence-electron chi connectivity index (χ4n) is 1.71. The smallest absolute Gasteiger partial charge is 0.188 e. The number of rotatable bonds is 3. The van der Waals surface area contributed by atoms with Crippen molar-refractivity contribution >= 4 is 22.3 Å². The van der Waals surface area contributed by atoms with Crippen LogP contribution in [0.3, 0.4) is 0 Å². The Bertz CT molecular complexity index is 730. The number of pyridine rings is 1. The molecule has 0 aliphatic carbocycles. The average Bonchev–Trinajstić information content (AvgIpc) is 2.91. The summed E-state index contributed by atoms with van der Waals surface area (Å²) in [6.07, 6.45) is 1.68. The number of phenols is 1. The first kappa shape index (κ1) is 12.6. The van der Waals surface area contributed by atoms with Crippen molar-refractivity contribution in [1.29, 1.82) is 0 Å². The Morgan fingerprint density at radius 3 is 2.90 bits per heavy atom. The first-order chi connectivity index (χ1) is 9.72. The first-order valence-electron chi connectivity index (χ1n) is 5.85. The maximum atomic E-state index is 13.2. The van der Waals surface area contributed by atoms with Crippen molar-refractivity contribution in [3.63, 3.8) is 0 Å². The zero-order valence-electron chi connectivity index (χ0n) is 10.2. The second-order valence-electron chi connectivity index (χ2n) is 4.04. The lowest BCUT2D eigenvalue weighted by Crippen LogP contribution is -1.91. The molecular formula is C14H10FN3OS. The van der Waals surface area contributed by atoms with Gasteiger partial charge in [0.2, 0.25) is 0 Å². The van der Waals surface area contributed by atoms with Gasteiger partial charge in [0.05, 0.1) is 5.69 Å². The summed E-state index contributed by atoms with van der Waals surface area (Å²) < 4.78 is 13.2. The summed E-state index contributed by atoms with van der Waals surface area (Å²) in [5, 5.41) is 15.2. The molecule has 0 atom stereocenters. The molecule has 0 bridgehead atoms. The normalized spacial score (nSPS) is 10.4. The Hall–Kier alpha value is -2.47. The van der Waals surface area contributed by atoms with Crippen molar-refractivity contribution in [2.45, 2.75) is 0 Å². The van der Waals surface area contributed by atoms with Crippen LogP contribution in [-0.4, -0.2) is 15.1 Å². The highest BCUT2D eigenvalue weighted by atomic mass is 32.1. The number of hydrogen-bond acceptors (Lipinski definition) is 5. The van der Waals surface area contributed by atoms with E-state index >= 15 is 0 Å². The Morgan fingerprint density at radius 2 is 2.10 bits per heavy atom. The van der Waals surface area contributed by atoms with E-state index in [0.717, 1.165) is 0 Å². The molecule has 0 aliphatic rings. The first-order valence-corrected chi connectivity index (χ1v) is 6.73. The van der Waals surface area contributed by atoms with Crippen molar-refractivity contribution < 1.29 is 9.50 Å². The quantitative estimate of drug-likeness (QED) is 0.769. The predicted octanol–water partition coefficient (Wildman–Crippen LogP) is 3.79. The Kier molecular flexibility index (Phi) is 3.30. The fraction of sp³-hybridized carbons (Fsp3) is 0. The van der Waals surface area contributed by atoms with Crippen LogP contribution in [0.5, 0.6) is 5.75 Å². The Labute approximate surface area is 118 Å². The fourth-order valence-corrected chi connectivity index (χ4v) is 2.43. The van der Waals surface area contributed by atoms with Crippen LogP contribution in [0.15, 0.2) is 48.0 Å². The minimum Gasteiger partial charge on any atom is -0.507 e. The number of thiazole rings is 1. The third-order valence-electron chi connectivity index (χ3n) is 2.64. The van der Waals surface area contributed by atoms with Crippen molar-refractivity contribution in [1.82, 2.24) is 9.97 Å². The molecule has 0 saturated carbocycles. The summed E-state index contributed by atoms with van der Waals surface area (Å²) in [5.41, 5.74) is 0.890. The second kappa shape index (κ2) is 5.26. The lowest BCUT2D eigenvalue weighted by Gasteiger charge is -2.01. The lowest BCUT2D eigenvalue weighted by atomic mass is 10.1. The molecule has 6 heteroatoms. The van der Waals surface area contributed by atoms with E-state index in [4.69, 9.17) is 0 Å². The van der Waals surface area contributed by atoms with Gasteiger partial charge in [0, 0.05) is 17.1 Å². The lowest BCUT2D eigenvalue weighted by molar-refractivity contribution is 0.475. The van der Waals surface area contributed by atoms with Crippen LogP contribution in [-0.2, 0) is 0 Å². The number of aromatic nitrogens is 2. The molecule has 100 valence electrons. The van der Waals surface area contributed by atoms with E-state index in [1.54, 1.807) is 11.6 Å².